The summed E-state index contributed by atoms with van der Waals surface area (Å²) in [5, 5.41) is 12.4. The molecule has 2 heterocycles. The Morgan fingerprint density at radius 2 is 1.75 bits per heavy atom. The first-order valence-electron chi connectivity index (χ1n) is 13.9. The monoisotopic (exact) mass is 485 g/mol. The summed E-state index contributed by atoms with van der Waals surface area (Å²) in [6.45, 7) is 8.38. The molecular weight excluding hydrogens is 446 g/mol. The molecule has 2 saturated heterocycles. The molecule has 4 fully saturated rings. The van der Waals surface area contributed by atoms with Gasteiger partial charge in [-0.3, -0.25) is 9.69 Å². The average Bonchev–Trinajstić information content (AvgIpc) is 3.47. The maximum Gasteiger partial charge on any atom is 0.310 e. The smallest absolute Gasteiger partial charge is 0.310 e. The molecule has 4 nitrogen and oxygen atoms in total. The fraction of sp³-hybridized carbons (Fsp3) is 0.531. The summed E-state index contributed by atoms with van der Waals surface area (Å²) < 4.78 is 6.07. The molecule has 2 aliphatic carbocycles. The normalized spacial score (nSPS) is 34.8. The van der Waals surface area contributed by atoms with Gasteiger partial charge in [-0.25, -0.2) is 0 Å². The number of allylic oxidation sites excluding steroid dienone is 1. The zero-order valence-corrected chi connectivity index (χ0v) is 21.4. The second kappa shape index (κ2) is 9.15. The second-order valence-corrected chi connectivity index (χ2v) is 12.1. The van der Waals surface area contributed by atoms with Crippen LogP contribution in [0.25, 0.3) is 0 Å². The van der Waals surface area contributed by atoms with Crippen molar-refractivity contribution in [2.24, 2.45) is 23.2 Å². The third-order valence-corrected chi connectivity index (χ3v) is 10.0. The van der Waals surface area contributed by atoms with Crippen LogP contribution in [0.1, 0.15) is 63.0 Å². The Kier molecular flexibility index (Phi) is 6.08. The predicted octanol–water partition coefficient (Wildman–Crippen LogP) is 5.70. The van der Waals surface area contributed by atoms with Crippen molar-refractivity contribution in [3.8, 4) is 0 Å². The van der Waals surface area contributed by atoms with Crippen LogP contribution in [0.5, 0.6) is 0 Å². The van der Waals surface area contributed by atoms with E-state index in [0.29, 0.717) is 12.5 Å². The minimum absolute atomic E-state index is 0.0258. The highest BCUT2D eigenvalue weighted by Crippen LogP contribution is 2.57. The first-order chi connectivity index (χ1) is 17.4. The van der Waals surface area contributed by atoms with Gasteiger partial charge in [0.2, 0.25) is 0 Å². The number of fused-ring (bicyclic) bond motifs is 2. The molecule has 1 N–H and O–H groups in total. The minimum Gasteiger partial charge on any atom is -0.462 e. The highest BCUT2D eigenvalue weighted by atomic mass is 16.6. The van der Waals surface area contributed by atoms with E-state index in [1.807, 2.05) is 60.7 Å². The fourth-order valence-corrected chi connectivity index (χ4v) is 8.17. The number of carbonyl (C=O) groups is 1. The van der Waals surface area contributed by atoms with E-state index in [9.17, 15) is 9.90 Å². The molecule has 0 bridgehead atoms. The molecule has 4 heteroatoms. The Bertz CT molecular complexity index is 1080. The number of likely N-dealkylation sites (tertiary alicyclic amines) is 1. The Morgan fingerprint density at radius 1 is 1.08 bits per heavy atom. The Balaban J connectivity index is 1.29. The predicted molar refractivity (Wildman–Crippen MR) is 141 cm³/mol. The van der Waals surface area contributed by atoms with E-state index >= 15 is 0 Å². The topological polar surface area (TPSA) is 49.8 Å². The van der Waals surface area contributed by atoms with E-state index in [1.54, 1.807) is 0 Å². The quantitative estimate of drug-likeness (QED) is 0.436. The van der Waals surface area contributed by atoms with Crippen LogP contribution in [-0.4, -0.2) is 41.2 Å². The molecule has 0 aromatic heterocycles. The van der Waals surface area contributed by atoms with Gasteiger partial charge in [0.1, 0.15) is 11.7 Å². The van der Waals surface area contributed by atoms with Gasteiger partial charge in [0.25, 0.3) is 0 Å². The van der Waals surface area contributed by atoms with Crippen molar-refractivity contribution >= 4 is 5.97 Å². The summed E-state index contributed by atoms with van der Waals surface area (Å²) in [4.78, 5) is 15.7. The van der Waals surface area contributed by atoms with Gasteiger partial charge in [0.15, 0.2) is 0 Å². The van der Waals surface area contributed by atoms with E-state index in [0.717, 1.165) is 49.8 Å². The van der Waals surface area contributed by atoms with Crippen molar-refractivity contribution < 1.29 is 14.6 Å². The number of carbonyl (C=O) groups excluding carboxylic acids is 1. The molecule has 2 aromatic rings. The van der Waals surface area contributed by atoms with E-state index in [2.05, 4.69) is 18.4 Å². The van der Waals surface area contributed by atoms with Crippen molar-refractivity contribution in [2.45, 2.75) is 69.6 Å². The first kappa shape index (κ1) is 23.9. The third kappa shape index (κ3) is 3.85. The van der Waals surface area contributed by atoms with E-state index in [1.165, 1.54) is 18.4 Å². The van der Waals surface area contributed by atoms with Crippen molar-refractivity contribution in [2.75, 3.05) is 13.1 Å². The Hall–Kier alpha value is -2.43. The lowest BCUT2D eigenvalue weighted by molar-refractivity contribution is -0.146. The van der Waals surface area contributed by atoms with E-state index in [-0.39, 0.29) is 35.4 Å². The van der Waals surface area contributed by atoms with Gasteiger partial charge in [0.05, 0.1) is 5.92 Å². The first-order valence-corrected chi connectivity index (χ1v) is 13.9. The van der Waals surface area contributed by atoms with Crippen LogP contribution >= 0.6 is 0 Å². The van der Waals surface area contributed by atoms with Crippen molar-refractivity contribution in [1.29, 1.82) is 0 Å². The van der Waals surface area contributed by atoms with E-state index < -0.39 is 5.60 Å². The SMILES string of the molecule is C=C1CCCC2(C)CC3OC(=O)C(CN4CCCC4C(O)(c4ccccc4)c4ccccc4)C3CC12. The van der Waals surface area contributed by atoms with Crippen LogP contribution in [-0.2, 0) is 15.1 Å². The number of esters is 1. The fourth-order valence-electron chi connectivity index (χ4n) is 8.17. The second-order valence-electron chi connectivity index (χ2n) is 12.1. The molecule has 190 valence electrons. The molecular formula is C32H39NO3. The number of nitrogens with zero attached hydrogens (tertiary/aromatic N) is 1. The zero-order valence-electron chi connectivity index (χ0n) is 21.4. The number of ether oxygens (including phenoxy) is 1. The maximum atomic E-state index is 13.3. The molecule has 4 aliphatic rings. The zero-order chi connectivity index (χ0) is 24.9. The van der Waals surface area contributed by atoms with Crippen LogP contribution in [0.2, 0.25) is 0 Å². The number of hydrogen-bond donors (Lipinski definition) is 1. The van der Waals surface area contributed by atoms with Gasteiger partial charge in [-0.1, -0.05) is 79.7 Å². The lowest BCUT2D eigenvalue weighted by Crippen LogP contribution is -2.51. The minimum atomic E-state index is -1.14. The van der Waals surface area contributed by atoms with Gasteiger partial charge in [-0.2, -0.15) is 0 Å². The maximum absolute atomic E-state index is 13.3. The number of hydrogen-bond acceptors (Lipinski definition) is 4. The van der Waals surface area contributed by atoms with Gasteiger partial charge in [-0.05, 0) is 74.0 Å². The molecule has 0 radical (unpaired) electrons. The average molecular weight is 486 g/mol. The van der Waals surface area contributed by atoms with Crippen molar-refractivity contribution in [1.82, 2.24) is 4.90 Å². The summed E-state index contributed by atoms with van der Waals surface area (Å²) in [7, 11) is 0. The lowest BCUT2D eigenvalue weighted by Gasteiger charge is -2.50. The van der Waals surface area contributed by atoms with Crippen LogP contribution in [0, 0.1) is 23.2 Å². The van der Waals surface area contributed by atoms with Gasteiger partial charge < -0.3 is 9.84 Å². The highest BCUT2D eigenvalue weighted by Gasteiger charge is 2.56. The molecule has 6 unspecified atom stereocenters. The molecule has 36 heavy (non-hydrogen) atoms. The lowest BCUT2D eigenvalue weighted by atomic mass is 9.55. The summed E-state index contributed by atoms with van der Waals surface area (Å²) in [6, 6.07) is 20.0. The van der Waals surface area contributed by atoms with E-state index in [4.69, 9.17) is 4.74 Å². The molecule has 6 rings (SSSR count). The van der Waals surface area contributed by atoms with Crippen LogP contribution < -0.4 is 0 Å². The van der Waals surface area contributed by atoms with Crippen LogP contribution in [0.15, 0.2) is 72.8 Å². The largest absolute Gasteiger partial charge is 0.462 e. The number of benzene rings is 2. The molecule has 6 atom stereocenters. The third-order valence-electron chi connectivity index (χ3n) is 10.0. The summed E-state index contributed by atoms with van der Waals surface area (Å²) >= 11 is 0. The molecule has 0 spiro atoms. The van der Waals surface area contributed by atoms with Crippen LogP contribution in [0.4, 0.5) is 0 Å². The number of aliphatic hydroxyl groups is 1. The standard InChI is InChI=1S/C32H39NO3/c1-22-11-9-17-31(2)20-28-25(19-27(22)31)26(30(34)36-28)21-33-18-10-16-29(33)32(35,23-12-5-3-6-13-23)24-14-7-4-8-15-24/h3-8,12-15,25-29,35H,1,9-11,16-21H2,2H3. The Morgan fingerprint density at radius 3 is 2.42 bits per heavy atom. The highest BCUT2D eigenvalue weighted by molar-refractivity contribution is 5.75. The molecule has 2 saturated carbocycles. The van der Waals surface area contributed by atoms with Gasteiger partial charge >= 0.3 is 5.97 Å². The molecule has 0 amide bonds. The van der Waals surface area contributed by atoms with Crippen molar-refractivity contribution in [3.63, 3.8) is 0 Å². The summed E-state index contributed by atoms with van der Waals surface area (Å²) in [5.41, 5.74) is 2.27. The molecule has 2 aromatic carbocycles. The van der Waals surface area contributed by atoms with Crippen molar-refractivity contribution in [3.05, 3.63) is 83.9 Å². The summed E-state index contributed by atoms with van der Waals surface area (Å²) in [5.74, 6) is 0.565. The Labute approximate surface area is 215 Å². The van der Waals surface area contributed by atoms with Gasteiger partial charge in [-0.15, -0.1) is 0 Å². The van der Waals surface area contributed by atoms with Gasteiger partial charge in [0, 0.05) is 18.5 Å². The van der Waals surface area contributed by atoms with Crippen LogP contribution in [0.3, 0.4) is 0 Å². The number of rotatable bonds is 5. The molecule has 2 aliphatic heterocycles. The summed E-state index contributed by atoms with van der Waals surface area (Å²) in [6.07, 6.45) is 7.44.